The molecule has 8 N–H and O–H groups in total. The van der Waals surface area contributed by atoms with Crippen LogP contribution in [0.3, 0.4) is 0 Å². The summed E-state index contributed by atoms with van der Waals surface area (Å²) in [5.41, 5.74) is 0.203. The number of nitrogens with zero attached hydrogens (tertiary/aromatic N) is 6. The van der Waals surface area contributed by atoms with Gasteiger partial charge in [-0.1, -0.05) is 24.3 Å². The molecule has 0 spiro atoms. The predicted octanol–water partition coefficient (Wildman–Crippen LogP) is 3.17. The van der Waals surface area contributed by atoms with Crippen LogP contribution in [0.25, 0.3) is 12.2 Å². The van der Waals surface area contributed by atoms with Crippen LogP contribution in [0.2, 0.25) is 10.6 Å². The Bertz CT molecular complexity index is 2090. The molecule has 4 aromatic rings. The van der Waals surface area contributed by atoms with E-state index in [1.165, 1.54) is 36.4 Å². The van der Waals surface area contributed by atoms with Gasteiger partial charge in [-0.3, -0.25) is 9.11 Å². The number of hydrogen-bond acceptors (Lipinski definition) is 20. The maximum absolute atomic E-state index is 12.5. The number of halogens is 2. The fraction of sp³-hybridized carbons (Fsp3) is 0.412. The second kappa shape index (κ2) is 24.7. The van der Waals surface area contributed by atoms with Crippen LogP contribution in [0.15, 0.2) is 46.2 Å². The van der Waals surface area contributed by atoms with Crippen molar-refractivity contribution in [2.24, 2.45) is 0 Å². The normalized spacial score (nSPS) is 11.9. The first-order valence-corrected chi connectivity index (χ1v) is 21.7. The van der Waals surface area contributed by atoms with Gasteiger partial charge in [0.1, 0.15) is 9.79 Å². The van der Waals surface area contributed by atoms with Crippen molar-refractivity contribution in [2.75, 3.05) is 100 Å². The number of aliphatic hydroxyl groups is 2. The number of hydrogen-bond donors (Lipinski definition) is 8. The lowest BCUT2D eigenvalue weighted by Gasteiger charge is -2.11. The summed E-state index contributed by atoms with van der Waals surface area (Å²) >= 11 is 12.2. The molecule has 0 saturated heterocycles. The van der Waals surface area contributed by atoms with Crippen molar-refractivity contribution in [2.45, 2.75) is 22.6 Å². The first-order chi connectivity index (χ1) is 28.7. The van der Waals surface area contributed by atoms with Crippen molar-refractivity contribution < 1.29 is 55.1 Å². The van der Waals surface area contributed by atoms with Crippen LogP contribution in [0.1, 0.15) is 24.0 Å². The number of aliphatic hydroxyl groups excluding tert-OH is 2. The lowest BCUT2D eigenvalue weighted by molar-refractivity contribution is 0.0331. The minimum Gasteiger partial charge on any atom is -0.394 e. The summed E-state index contributed by atoms with van der Waals surface area (Å²) in [7, 11) is -9.68. The predicted molar refractivity (Wildman–Crippen MR) is 221 cm³/mol. The Balaban J connectivity index is 1.42. The summed E-state index contributed by atoms with van der Waals surface area (Å²) in [6.45, 7) is 3.47. The van der Waals surface area contributed by atoms with Crippen LogP contribution in [-0.4, -0.2) is 145 Å². The molecular formula is C34H44Cl2N10O12S2. The molecule has 26 heteroatoms. The number of benzene rings is 2. The Labute approximate surface area is 355 Å². The van der Waals surface area contributed by atoms with Gasteiger partial charge in [-0.25, -0.2) is 0 Å². The topological polar surface area (TPSA) is 312 Å². The lowest BCUT2D eigenvalue weighted by atomic mass is 10.1. The highest BCUT2D eigenvalue weighted by molar-refractivity contribution is 7.86. The molecule has 0 fully saturated rings. The second-order valence-corrected chi connectivity index (χ2v) is 15.5. The van der Waals surface area contributed by atoms with Crippen molar-refractivity contribution in [1.82, 2.24) is 29.9 Å². The molecule has 4 rings (SSSR count). The van der Waals surface area contributed by atoms with E-state index < -0.39 is 30.0 Å². The first-order valence-electron chi connectivity index (χ1n) is 18.0. The highest BCUT2D eigenvalue weighted by atomic mass is 35.5. The van der Waals surface area contributed by atoms with Crippen LogP contribution in [-0.2, 0) is 39.2 Å². The molecule has 0 aliphatic rings. The van der Waals surface area contributed by atoms with E-state index in [-0.39, 0.29) is 83.3 Å². The molecule has 60 heavy (non-hydrogen) atoms. The third kappa shape index (κ3) is 17.3. The largest absolute Gasteiger partial charge is 0.394 e. The highest BCUT2D eigenvalue weighted by Crippen LogP contribution is 2.28. The van der Waals surface area contributed by atoms with Crippen molar-refractivity contribution in [3.8, 4) is 0 Å². The number of aromatic nitrogens is 6. The second-order valence-electron chi connectivity index (χ2n) is 12.0. The quantitative estimate of drug-likeness (QED) is 0.0230. The first kappa shape index (κ1) is 48.2. The standard InChI is InChI=1S/C34H44Cl2N10O12S2/c35-29-41-31(37-9-1-13-55-17-19-57-15-11-47)45-33(43-29)39-25-7-5-23(27(21-25)59(49,50)51)3-4-24-6-8-26(22-28(24)60(52,53)54)40-34-44-30(36)42-32(46-34)38-10-2-14-56-18-20-58-16-12-48/h3-8,21-22,47-48H,1-2,9-20H2,(H,49,50,51)(H,52,53,54)(H2,37,39,41,43,45)(H2,38,40,42,44,46). The third-order valence-corrected chi connectivity index (χ3v) is 9.62. The van der Waals surface area contributed by atoms with Gasteiger partial charge >= 0.3 is 0 Å². The molecule has 0 aliphatic heterocycles. The fourth-order valence-electron chi connectivity index (χ4n) is 4.88. The van der Waals surface area contributed by atoms with Gasteiger partial charge in [0.15, 0.2) is 0 Å². The molecule has 0 amide bonds. The van der Waals surface area contributed by atoms with Crippen LogP contribution >= 0.6 is 23.2 Å². The van der Waals surface area contributed by atoms with Gasteiger partial charge in [0, 0.05) is 37.7 Å². The monoisotopic (exact) mass is 918 g/mol. The summed E-state index contributed by atoms with van der Waals surface area (Å²) in [5, 5.41) is 28.7. The molecule has 2 aromatic heterocycles. The molecule has 0 atom stereocenters. The summed E-state index contributed by atoms with van der Waals surface area (Å²) in [6, 6.07) is 7.78. The number of rotatable bonds is 28. The van der Waals surface area contributed by atoms with Crippen molar-refractivity contribution >= 4 is 90.8 Å². The summed E-state index contributed by atoms with van der Waals surface area (Å²) < 4.78 is 91.2. The van der Waals surface area contributed by atoms with Crippen molar-refractivity contribution in [3.63, 3.8) is 0 Å². The molecular weight excluding hydrogens is 875 g/mol. The zero-order valence-corrected chi connectivity index (χ0v) is 35.0. The minimum atomic E-state index is -4.84. The van der Waals surface area contributed by atoms with Gasteiger partial charge in [0.05, 0.1) is 52.9 Å². The van der Waals surface area contributed by atoms with E-state index in [2.05, 4.69) is 51.2 Å². The number of nitrogens with one attached hydrogen (secondary N) is 4. The van der Waals surface area contributed by atoms with Crippen molar-refractivity contribution in [1.29, 1.82) is 0 Å². The Kier molecular flexibility index (Phi) is 19.9. The molecule has 22 nitrogen and oxygen atoms in total. The van der Waals surface area contributed by atoms with Crippen molar-refractivity contribution in [3.05, 3.63) is 58.1 Å². The summed E-state index contributed by atoms with van der Waals surface area (Å²) in [5.74, 6) is 0.161. The minimum absolute atomic E-state index is 0.0387. The van der Waals surface area contributed by atoms with Gasteiger partial charge in [0.25, 0.3) is 20.2 Å². The van der Waals surface area contributed by atoms with E-state index in [0.717, 1.165) is 12.1 Å². The van der Waals surface area contributed by atoms with Gasteiger partial charge in [-0.2, -0.15) is 46.7 Å². The fourth-order valence-corrected chi connectivity index (χ4v) is 6.62. The molecule has 0 unspecified atom stereocenters. The molecule has 0 saturated carbocycles. The van der Waals surface area contributed by atoms with Gasteiger partial charge < -0.3 is 50.4 Å². The summed E-state index contributed by atoms with van der Waals surface area (Å²) in [6.07, 6.45) is 3.64. The van der Waals surface area contributed by atoms with E-state index in [0.29, 0.717) is 65.6 Å². The van der Waals surface area contributed by atoms with Crippen LogP contribution < -0.4 is 21.3 Å². The molecule has 0 radical (unpaired) electrons. The van der Waals surface area contributed by atoms with Crippen LogP contribution in [0.5, 0.6) is 0 Å². The van der Waals surface area contributed by atoms with Gasteiger partial charge in [-0.15, -0.1) is 0 Å². The lowest BCUT2D eigenvalue weighted by Crippen LogP contribution is -2.12. The molecule has 328 valence electrons. The average molecular weight is 920 g/mol. The smallest absolute Gasteiger partial charge is 0.295 e. The summed E-state index contributed by atoms with van der Waals surface area (Å²) in [4.78, 5) is 23.4. The molecule has 2 heterocycles. The highest BCUT2D eigenvalue weighted by Gasteiger charge is 2.19. The maximum atomic E-state index is 12.5. The zero-order valence-electron chi connectivity index (χ0n) is 31.8. The van der Waals surface area contributed by atoms with Crippen LogP contribution in [0.4, 0.5) is 35.2 Å². The SMILES string of the molecule is O=S(=O)(O)c1cc(Nc2nc(Cl)nc(NCCCOCCOCCO)n2)ccc1C=Cc1ccc(Nc2nc(Cl)nc(NCCCOCCOCCO)n2)cc1S(=O)(=O)O. The number of ether oxygens (including phenoxy) is 4. The average Bonchev–Trinajstić information content (AvgIpc) is 3.18. The van der Waals surface area contributed by atoms with E-state index in [9.17, 15) is 25.9 Å². The zero-order chi connectivity index (χ0) is 43.4. The Hall–Kier alpha value is -4.44. The van der Waals surface area contributed by atoms with Crippen LogP contribution in [0, 0.1) is 0 Å². The number of anilines is 6. The maximum Gasteiger partial charge on any atom is 0.295 e. The Morgan fingerprint density at radius 3 is 1.27 bits per heavy atom. The molecule has 0 bridgehead atoms. The van der Waals surface area contributed by atoms with Gasteiger partial charge in [-0.05, 0) is 71.4 Å². The van der Waals surface area contributed by atoms with Gasteiger partial charge in [0.2, 0.25) is 34.4 Å². The van der Waals surface area contributed by atoms with E-state index in [1.807, 2.05) is 0 Å². The Morgan fingerprint density at radius 1 is 0.533 bits per heavy atom. The molecule has 0 aliphatic carbocycles. The third-order valence-electron chi connectivity index (χ3n) is 7.47. The Morgan fingerprint density at radius 2 is 0.900 bits per heavy atom. The van der Waals surface area contributed by atoms with E-state index in [4.69, 9.17) is 52.4 Å². The molecule has 2 aromatic carbocycles. The van der Waals surface area contributed by atoms with E-state index in [1.54, 1.807) is 0 Å². The van der Waals surface area contributed by atoms with E-state index >= 15 is 0 Å².